The van der Waals surface area contributed by atoms with Crippen LogP contribution in [0.3, 0.4) is 0 Å². The van der Waals surface area contributed by atoms with E-state index in [1.165, 1.54) is 24.4 Å². The summed E-state index contributed by atoms with van der Waals surface area (Å²) in [7, 11) is 0. The van der Waals surface area contributed by atoms with E-state index >= 15 is 0 Å². The molecule has 0 saturated heterocycles. The standard InChI is InChI=1S/C23H23F2N3O4/c1-23(2,3)32-22(30)28-18-12-14(8-9-17(18)25)27-20(29)10-11-21-26-13-19(31-21)15-6-4-5-7-16(15)24/h4-9,12-13H,10-11H2,1-3H3,(H,27,29)(H,28,30). The van der Waals surface area contributed by atoms with E-state index in [2.05, 4.69) is 15.6 Å². The van der Waals surface area contributed by atoms with Crippen molar-refractivity contribution in [1.82, 2.24) is 4.98 Å². The number of nitrogens with one attached hydrogen (secondary N) is 2. The highest BCUT2D eigenvalue weighted by Gasteiger charge is 2.18. The molecule has 0 bridgehead atoms. The van der Waals surface area contributed by atoms with E-state index in [4.69, 9.17) is 9.15 Å². The van der Waals surface area contributed by atoms with E-state index in [1.807, 2.05) is 0 Å². The number of nitrogens with zero attached hydrogens (tertiary/aromatic N) is 1. The Morgan fingerprint density at radius 1 is 1.06 bits per heavy atom. The van der Waals surface area contributed by atoms with Gasteiger partial charge in [-0.1, -0.05) is 12.1 Å². The molecular formula is C23H23F2N3O4. The van der Waals surface area contributed by atoms with E-state index in [0.717, 1.165) is 6.07 Å². The molecule has 168 valence electrons. The highest BCUT2D eigenvalue weighted by Crippen LogP contribution is 2.24. The summed E-state index contributed by atoms with van der Waals surface area (Å²) in [6.07, 6.45) is 0.808. The second-order valence-electron chi connectivity index (χ2n) is 7.97. The summed E-state index contributed by atoms with van der Waals surface area (Å²) in [6, 6.07) is 9.93. The van der Waals surface area contributed by atoms with Crippen molar-refractivity contribution >= 4 is 23.4 Å². The molecule has 0 spiro atoms. The van der Waals surface area contributed by atoms with Crippen LogP contribution in [0.4, 0.5) is 25.0 Å². The Balaban J connectivity index is 1.57. The summed E-state index contributed by atoms with van der Waals surface area (Å²) >= 11 is 0. The number of aryl methyl sites for hydroxylation is 1. The Labute approximate surface area is 183 Å². The van der Waals surface area contributed by atoms with Gasteiger partial charge in [-0.2, -0.15) is 0 Å². The molecule has 0 aliphatic heterocycles. The minimum Gasteiger partial charge on any atom is -0.444 e. The topological polar surface area (TPSA) is 93.5 Å². The fraction of sp³-hybridized carbons (Fsp3) is 0.261. The van der Waals surface area contributed by atoms with E-state index in [-0.39, 0.29) is 41.7 Å². The average Bonchev–Trinajstić information content (AvgIpc) is 3.17. The first-order chi connectivity index (χ1) is 15.1. The molecule has 9 heteroatoms. The molecule has 3 rings (SSSR count). The van der Waals surface area contributed by atoms with Crippen molar-refractivity contribution in [1.29, 1.82) is 0 Å². The van der Waals surface area contributed by atoms with Crippen LogP contribution in [-0.4, -0.2) is 22.6 Å². The van der Waals surface area contributed by atoms with Gasteiger partial charge in [0.1, 0.15) is 17.2 Å². The van der Waals surface area contributed by atoms with Gasteiger partial charge in [0.2, 0.25) is 5.91 Å². The lowest BCUT2D eigenvalue weighted by molar-refractivity contribution is -0.116. The number of carbonyl (C=O) groups excluding carboxylic acids is 2. The van der Waals surface area contributed by atoms with Crippen LogP contribution in [0.25, 0.3) is 11.3 Å². The third-order valence-corrected chi connectivity index (χ3v) is 4.14. The molecule has 0 saturated carbocycles. The van der Waals surface area contributed by atoms with Crippen molar-refractivity contribution in [2.45, 2.75) is 39.2 Å². The maximum absolute atomic E-state index is 14.0. The highest BCUT2D eigenvalue weighted by molar-refractivity contribution is 5.92. The predicted molar refractivity (Wildman–Crippen MR) is 115 cm³/mol. The van der Waals surface area contributed by atoms with Crippen LogP contribution in [0.2, 0.25) is 0 Å². The molecule has 1 aromatic heterocycles. The smallest absolute Gasteiger partial charge is 0.412 e. The molecular weight excluding hydrogens is 420 g/mol. The van der Waals surface area contributed by atoms with Crippen LogP contribution < -0.4 is 10.6 Å². The Kier molecular flexibility index (Phi) is 6.87. The van der Waals surface area contributed by atoms with Gasteiger partial charge >= 0.3 is 6.09 Å². The zero-order chi connectivity index (χ0) is 23.3. The van der Waals surface area contributed by atoms with Crippen LogP contribution in [0.5, 0.6) is 0 Å². The van der Waals surface area contributed by atoms with Crippen LogP contribution in [0.15, 0.2) is 53.1 Å². The number of aromatic nitrogens is 1. The molecule has 2 N–H and O–H groups in total. The molecule has 0 fully saturated rings. The number of anilines is 2. The van der Waals surface area contributed by atoms with Crippen LogP contribution in [0.1, 0.15) is 33.1 Å². The fourth-order valence-corrected chi connectivity index (χ4v) is 2.77. The zero-order valence-electron chi connectivity index (χ0n) is 17.9. The number of hydrogen-bond donors (Lipinski definition) is 2. The van der Waals surface area contributed by atoms with Crippen molar-refractivity contribution in [3.8, 4) is 11.3 Å². The van der Waals surface area contributed by atoms with Crippen molar-refractivity contribution in [2.24, 2.45) is 0 Å². The van der Waals surface area contributed by atoms with Crippen molar-refractivity contribution in [2.75, 3.05) is 10.6 Å². The first-order valence-corrected chi connectivity index (χ1v) is 9.90. The molecule has 0 unspecified atom stereocenters. The highest BCUT2D eigenvalue weighted by atomic mass is 19.1. The number of rotatable bonds is 6. The molecule has 7 nitrogen and oxygen atoms in total. The maximum Gasteiger partial charge on any atom is 0.412 e. The maximum atomic E-state index is 14.0. The summed E-state index contributed by atoms with van der Waals surface area (Å²) in [5, 5.41) is 4.94. The van der Waals surface area contributed by atoms with Crippen LogP contribution >= 0.6 is 0 Å². The second kappa shape index (κ2) is 9.59. The van der Waals surface area contributed by atoms with Gasteiger partial charge in [-0.25, -0.2) is 18.6 Å². The average molecular weight is 443 g/mol. The normalized spacial score (nSPS) is 11.2. The number of carbonyl (C=O) groups is 2. The lowest BCUT2D eigenvalue weighted by atomic mass is 10.2. The van der Waals surface area contributed by atoms with Gasteiger partial charge in [0.15, 0.2) is 11.7 Å². The van der Waals surface area contributed by atoms with Crippen LogP contribution in [0, 0.1) is 11.6 Å². The monoisotopic (exact) mass is 443 g/mol. The second-order valence-corrected chi connectivity index (χ2v) is 7.97. The quantitative estimate of drug-likeness (QED) is 0.522. The van der Waals surface area contributed by atoms with Gasteiger partial charge < -0.3 is 14.5 Å². The lowest BCUT2D eigenvalue weighted by Gasteiger charge is -2.20. The summed E-state index contributed by atoms with van der Waals surface area (Å²) in [6.45, 7) is 5.06. The number of hydrogen-bond acceptors (Lipinski definition) is 5. The van der Waals surface area contributed by atoms with Crippen molar-refractivity contribution in [3.05, 3.63) is 66.2 Å². The van der Waals surface area contributed by atoms with E-state index in [9.17, 15) is 18.4 Å². The number of amides is 2. The van der Waals surface area contributed by atoms with E-state index < -0.39 is 23.3 Å². The molecule has 2 aromatic carbocycles. The lowest BCUT2D eigenvalue weighted by Crippen LogP contribution is -2.27. The molecule has 3 aromatic rings. The largest absolute Gasteiger partial charge is 0.444 e. The SMILES string of the molecule is CC(C)(C)OC(=O)Nc1cc(NC(=O)CCc2ncc(-c3ccccc3F)o2)ccc1F. The molecule has 0 atom stereocenters. The number of halogens is 2. The van der Waals surface area contributed by atoms with Gasteiger partial charge in [-0.3, -0.25) is 10.1 Å². The number of oxazole rings is 1. The van der Waals surface area contributed by atoms with Gasteiger partial charge in [0, 0.05) is 18.5 Å². The van der Waals surface area contributed by atoms with Crippen LogP contribution in [-0.2, 0) is 16.0 Å². The van der Waals surface area contributed by atoms with Gasteiger partial charge in [0.05, 0.1) is 17.4 Å². The first-order valence-electron chi connectivity index (χ1n) is 9.90. The summed E-state index contributed by atoms with van der Waals surface area (Å²) in [5.41, 5.74) is -0.286. The number of ether oxygens (including phenoxy) is 1. The third kappa shape index (κ3) is 6.37. The zero-order valence-corrected chi connectivity index (χ0v) is 17.9. The Hall–Kier alpha value is -3.75. The Bertz CT molecular complexity index is 1120. The molecule has 32 heavy (non-hydrogen) atoms. The predicted octanol–water partition coefficient (Wildman–Crippen LogP) is 5.54. The summed E-state index contributed by atoms with van der Waals surface area (Å²) in [5.74, 6) is -0.917. The minimum absolute atomic E-state index is 0.0312. The third-order valence-electron chi connectivity index (χ3n) is 4.14. The van der Waals surface area contributed by atoms with E-state index in [1.54, 1.807) is 39.0 Å². The molecule has 1 heterocycles. The Morgan fingerprint density at radius 3 is 2.53 bits per heavy atom. The molecule has 0 radical (unpaired) electrons. The van der Waals surface area contributed by atoms with Gasteiger partial charge in [0.25, 0.3) is 0 Å². The van der Waals surface area contributed by atoms with Crippen molar-refractivity contribution in [3.63, 3.8) is 0 Å². The van der Waals surface area contributed by atoms with E-state index in [0.29, 0.717) is 5.69 Å². The fourth-order valence-electron chi connectivity index (χ4n) is 2.77. The molecule has 2 amide bonds. The first kappa shape index (κ1) is 22.9. The van der Waals surface area contributed by atoms with Crippen molar-refractivity contribution < 1.29 is 27.5 Å². The summed E-state index contributed by atoms with van der Waals surface area (Å²) < 4.78 is 38.5. The summed E-state index contributed by atoms with van der Waals surface area (Å²) in [4.78, 5) is 28.2. The minimum atomic E-state index is -0.811. The van der Waals surface area contributed by atoms with Gasteiger partial charge in [-0.05, 0) is 51.1 Å². The molecule has 0 aliphatic carbocycles. The molecule has 0 aliphatic rings. The Morgan fingerprint density at radius 2 is 1.81 bits per heavy atom. The number of benzene rings is 2. The van der Waals surface area contributed by atoms with Gasteiger partial charge in [-0.15, -0.1) is 0 Å².